The van der Waals surface area contributed by atoms with Crippen LogP contribution in [0.2, 0.25) is 0 Å². The third-order valence-electron chi connectivity index (χ3n) is 11.1. The number of rotatable bonds is 15. The van der Waals surface area contributed by atoms with Crippen molar-refractivity contribution >= 4 is 21.5 Å². The van der Waals surface area contributed by atoms with E-state index in [1.165, 1.54) is 56.9 Å². The molecule has 42 heavy (non-hydrogen) atoms. The molecule has 0 N–H and O–H groups in total. The molecule has 0 aliphatic heterocycles. The van der Waals surface area contributed by atoms with Crippen molar-refractivity contribution in [2.45, 2.75) is 52.7 Å². The molecule has 4 nitrogen and oxygen atoms in total. The minimum Gasteiger partial charge on any atom is -0.367 e. The number of likely N-dealkylation sites (N-methyl/N-ethyl adjacent to an activating group) is 2. The molecule has 0 unspecified atom stereocenters. The van der Waals surface area contributed by atoms with E-state index >= 15 is 0 Å². The van der Waals surface area contributed by atoms with Gasteiger partial charge in [-0.25, -0.2) is 0 Å². The highest BCUT2D eigenvalue weighted by Gasteiger charge is 2.33. The van der Waals surface area contributed by atoms with Crippen molar-refractivity contribution in [1.82, 2.24) is 0 Å². The maximum atomic E-state index is 6.65. The van der Waals surface area contributed by atoms with Gasteiger partial charge in [-0.05, 0) is 71.5 Å². The zero-order valence-electron chi connectivity index (χ0n) is 26.3. The highest BCUT2D eigenvalue weighted by atomic mass is 16.5. The summed E-state index contributed by atoms with van der Waals surface area (Å²) in [6, 6.07) is 26.7. The van der Waals surface area contributed by atoms with Crippen molar-refractivity contribution in [2.24, 2.45) is 0 Å². The monoisotopic (exact) mass is 566 g/mol. The first-order chi connectivity index (χ1) is 20.5. The Hall–Kier alpha value is -2.76. The molecule has 0 amide bonds. The fourth-order valence-corrected chi connectivity index (χ4v) is 7.83. The molecule has 222 valence electrons. The van der Waals surface area contributed by atoms with E-state index in [-0.39, 0.29) is 12.2 Å². The average Bonchev–Trinajstić information content (AvgIpc) is 3.58. The van der Waals surface area contributed by atoms with Crippen molar-refractivity contribution in [3.63, 3.8) is 0 Å². The van der Waals surface area contributed by atoms with Gasteiger partial charge >= 0.3 is 0 Å². The van der Waals surface area contributed by atoms with E-state index in [9.17, 15) is 0 Å². The normalized spacial score (nSPS) is 18.0. The van der Waals surface area contributed by atoms with Crippen LogP contribution in [0.1, 0.15) is 62.2 Å². The Kier molecular flexibility index (Phi) is 8.70. The molecule has 4 heteroatoms. The van der Waals surface area contributed by atoms with E-state index in [1.807, 2.05) is 0 Å². The van der Waals surface area contributed by atoms with E-state index in [0.29, 0.717) is 0 Å². The fourth-order valence-electron chi connectivity index (χ4n) is 7.83. The van der Waals surface area contributed by atoms with E-state index in [4.69, 9.17) is 9.47 Å². The van der Waals surface area contributed by atoms with Crippen LogP contribution in [0.4, 0.5) is 0 Å². The summed E-state index contributed by atoms with van der Waals surface area (Å²) in [5.74, 6) is 0. The van der Waals surface area contributed by atoms with Gasteiger partial charge < -0.3 is 18.4 Å². The minimum atomic E-state index is 0.188. The Bertz CT molecular complexity index is 1390. The Balaban J connectivity index is 1.04. The summed E-state index contributed by atoms with van der Waals surface area (Å²) in [7, 11) is 0. The van der Waals surface area contributed by atoms with Crippen LogP contribution < -0.4 is 0 Å². The molecule has 2 aliphatic rings. The summed E-state index contributed by atoms with van der Waals surface area (Å²) in [6.07, 6.45) is 2.38. The first-order valence-corrected chi connectivity index (χ1v) is 16.5. The molecule has 0 saturated heterocycles. The van der Waals surface area contributed by atoms with E-state index in [2.05, 4.69) is 100 Å². The highest BCUT2D eigenvalue weighted by Crippen LogP contribution is 2.40. The number of quaternary nitrogens is 2. The molecule has 0 saturated carbocycles. The quantitative estimate of drug-likeness (QED) is 0.138. The third-order valence-corrected chi connectivity index (χ3v) is 11.1. The maximum Gasteiger partial charge on any atom is 0.129 e. The zero-order valence-corrected chi connectivity index (χ0v) is 26.3. The van der Waals surface area contributed by atoms with Crippen molar-refractivity contribution in [1.29, 1.82) is 0 Å². The topological polar surface area (TPSA) is 18.5 Å². The predicted molar refractivity (Wildman–Crippen MR) is 175 cm³/mol. The lowest BCUT2D eigenvalue weighted by Gasteiger charge is -2.42. The van der Waals surface area contributed by atoms with Crippen LogP contribution in [0.5, 0.6) is 0 Å². The van der Waals surface area contributed by atoms with Crippen LogP contribution in [0.3, 0.4) is 0 Å². The summed E-state index contributed by atoms with van der Waals surface area (Å²) >= 11 is 0. The lowest BCUT2D eigenvalue weighted by Crippen LogP contribution is -2.59. The standard InChI is InChI=1S/C38H50N2O2/c1-5-39(6-2,23-25-41-35-27-31-17-9-13-29-15-11-19-33(35)37(29)31)21-22-40(7-3,8-4)24-26-42-36-28-32-18-10-14-30-16-12-20-34(36)38(30)32/h9-20,35-36H,5-8,21-28H2,1-4H3/q+2/t35-,36-/m0/s1. The van der Waals surface area contributed by atoms with Gasteiger partial charge in [0.2, 0.25) is 0 Å². The summed E-state index contributed by atoms with van der Waals surface area (Å²) < 4.78 is 15.5. The second-order valence-electron chi connectivity index (χ2n) is 12.7. The first-order valence-electron chi connectivity index (χ1n) is 16.5. The molecule has 4 aromatic carbocycles. The lowest BCUT2D eigenvalue weighted by atomic mass is 10.1. The van der Waals surface area contributed by atoms with Crippen molar-refractivity contribution in [2.75, 3.05) is 65.6 Å². The van der Waals surface area contributed by atoms with E-state index < -0.39 is 0 Å². The van der Waals surface area contributed by atoms with Crippen molar-refractivity contribution < 1.29 is 18.4 Å². The molecule has 0 fully saturated rings. The van der Waals surface area contributed by atoms with Gasteiger partial charge in [0.1, 0.15) is 26.2 Å². The second-order valence-corrected chi connectivity index (χ2v) is 12.7. The molecule has 0 bridgehead atoms. The number of hydrogen-bond acceptors (Lipinski definition) is 2. The van der Waals surface area contributed by atoms with Gasteiger partial charge in [-0.3, -0.25) is 0 Å². The van der Waals surface area contributed by atoms with Gasteiger partial charge in [0.25, 0.3) is 0 Å². The van der Waals surface area contributed by atoms with Crippen molar-refractivity contribution in [3.8, 4) is 0 Å². The Morgan fingerprint density at radius 2 is 0.905 bits per heavy atom. The SMILES string of the molecule is CC[N+](CC)(CCO[C@H]1Cc2cccc3cccc1c23)CC[N+](CC)(CC)CCO[C@H]1Cc2cccc3cccc1c23. The molecule has 4 aromatic rings. The fraction of sp³-hybridized carbons (Fsp3) is 0.474. The number of nitrogens with zero attached hydrogens (tertiary/aromatic N) is 2. The number of benzene rings is 4. The molecule has 2 atom stereocenters. The van der Waals surface area contributed by atoms with Gasteiger partial charge in [0, 0.05) is 12.8 Å². The molecule has 2 aliphatic carbocycles. The van der Waals surface area contributed by atoms with Gasteiger partial charge in [0.05, 0.1) is 51.6 Å². The number of ether oxygens (including phenoxy) is 2. The van der Waals surface area contributed by atoms with Gasteiger partial charge in [-0.1, -0.05) is 72.8 Å². The van der Waals surface area contributed by atoms with Gasteiger partial charge in [-0.15, -0.1) is 0 Å². The first kappa shape index (κ1) is 29.3. The second kappa shape index (κ2) is 12.5. The summed E-state index contributed by atoms with van der Waals surface area (Å²) in [4.78, 5) is 0. The lowest BCUT2D eigenvalue weighted by molar-refractivity contribution is -0.978. The minimum absolute atomic E-state index is 0.188. The molecule has 0 spiro atoms. The van der Waals surface area contributed by atoms with Crippen LogP contribution in [0.15, 0.2) is 72.8 Å². The number of hydrogen-bond donors (Lipinski definition) is 0. The Labute approximate surface area is 253 Å². The predicted octanol–water partition coefficient (Wildman–Crippen LogP) is 7.63. The third kappa shape index (κ3) is 5.51. The summed E-state index contributed by atoms with van der Waals surface area (Å²) in [6.45, 7) is 20.2. The highest BCUT2D eigenvalue weighted by molar-refractivity contribution is 5.92. The molecule has 0 radical (unpaired) electrons. The average molecular weight is 567 g/mol. The van der Waals surface area contributed by atoms with E-state index in [1.54, 1.807) is 0 Å². The summed E-state index contributed by atoms with van der Waals surface area (Å²) in [5, 5.41) is 5.53. The van der Waals surface area contributed by atoms with Crippen LogP contribution in [0.25, 0.3) is 21.5 Å². The van der Waals surface area contributed by atoms with E-state index in [0.717, 1.165) is 74.3 Å². The van der Waals surface area contributed by atoms with Gasteiger partial charge in [0.15, 0.2) is 0 Å². The Morgan fingerprint density at radius 1 is 0.524 bits per heavy atom. The van der Waals surface area contributed by atoms with Crippen LogP contribution in [-0.4, -0.2) is 74.5 Å². The Morgan fingerprint density at radius 3 is 1.29 bits per heavy atom. The smallest absolute Gasteiger partial charge is 0.129 e. The summed E-state index contributed by atoms with van der Waals surface area (Å²) in [5.41, 5.74) is 5.63. The molecular weight excluding hydrogens is 516 g/mol. The van der Waals surface area contributed by atoms with Crippen LogP contribution >= 0.6 is 0 Å². The molecule has 6 rings (SSSR count). The largest absolute Gasteiger partial charge is 0.367 e. The molecule has 0 heterocycles. The molecule has 0 aromatic heterocycles. The maximum absolute atomic E-state index is 6.65. The van der Waals surface area contributed by atoms with Crippen LogP contribution in [0, 0.1) is 0 Å². The van der Waals surface area contributed by atoms with Gasteiger partial charge in [-0.2, -0.15) is 0 Å². The van der Waals surface area contributed by atoms with Crippen LogP contribution in [-0.2, 0) is 22.3 Å². The molecular formula is C38H50N2O2+2. The zero-order chi connectivity index (χ0) is 29.2. The van der Waals surface area contributed by atoms with Crippen molar-refractivity contribution in [3.05, 3.63) is 95.1 Å².